The zero-order valence-electron chi connectivity index (χ0n) is 6.63. The Morgan fingerprint density at radius 2 is 2.08 bits per heavy atom. The summed E-state index contributed by atoms with van der Waals surface area (Å²) in [4.78, 5) is 11.5. The van der Waals surface area contributed by atoms with Gasteiger partial charge in [0.15, 0.2) is 5.78 Å². The van der Waals surface area contributed by atoms with E-state index in [4.69, 9.17) is 0 Å². The number of carbonyl (C=O) groups excluding carboxylic acids is 1. The molecule has 1 nitrogen and oxygen atoms in total. The van der Waals surface area contributed by atoms with E-state index in [1.165, 1.54) is 5.30 Å². The van der Waals surface area contributed by atoms with Crippen LogP contribution in [-0.2, 0) is 0 Å². The molecule has 0 radical (unpaired) electrons. The van der Waals surface area contributed by atoms with Crippen molar-refractivity contribution in [2.45, 2.75) is 0 Å². The third-order valence-corrected chi connectivity index (χ3v) is 3.41. The van der Waals surface area contributed by atoms with E-state index in [1.54, 1.807) is 0 Å². The van der Waals surface area contributed by atoms with E-state index in [0.29, 0.717) is 0 Å². The Hall–Kier alpha value is -0.940. The molecule has 0 aliphatic carbocycles. The van der Waals surface area contributed by atoms with Crippen molar-refractivity contribution in [1.29, 1.82) is 0 Å². The first kappa shape index (κ1) is 7.70. The molecule has 2 rings (SSSR count). The average Bonchev–Trinajstić information content (AvgIpc) is 2.12. The molecule has 60 valence electrons. The molecule has 1 aliphatic rings. The van der Waals surface area contributed by atoms with Crippen LogP contribution < -0.4 is 5.30 Å². The van der Waals surface area contributed by atoms with Gasteiger partial charge in [0.05, 0.1) is 0 Å². The lowest BCUT2D eigenvalue weighted by Crippen LogP contribution is -2.19. The number of Topliss-reactive ketones (excluding diaryl/α,β-unsaturated/α-hetero) is 1. The number of allylic oxidation sites excluding steroid dienone is 1. The number of carbonyl (C=O) groups is 1. The summed E-state index contributed by atoms with van der Waals surface area (Å²) in [5.41, 5.74) is 1.61. The predicted octanol–water partition coefficient (Wildman–Crippen LogP) is 1.74. The molecule has 0 spiro atoms. The monoisotopic (exact) mass is 176 g/mol. The number of hydrogen-bond acceptors (Lipinski definition) is 1. The van der Waals surface area contributed by atoms with Gasteiger partial charge < -0.3 is 0 Å². The summed E-state index contributed by atoms with van der Waals surface area (Å²) < 4.78 is 0. The number of rotatable bonds is 0. The minimum atomic E-state index is 0.129. The highest BCUT2D eigenvalue weighted by Crippen LogP contribution is 2.24. The molecule has 0 fully saturated rings. The van der Waals surface area contributed by atoms with Gasteiger partial charge in [0.1, 0.15) is 0 Å². The molecule has 0 bridgehead atoms. The van der Waals surface area contributed by atoms with Gasteiger partial charge in [-0.25, -0.2) is 0 Å². The molecule has 0 amide bonds. The largest absolute Gasteiger partial charge is 0.289 e. The lowest BCUT2D eigenvalue weighted by Gasteiger charge is -2.15. The Kier molecular flexibility index (Phi) is 1.82. The fraction of sp³-hybridized carbons (Fsp3) is 0.100. The van der Waals surface area contributed by atoms with Gasteiger partial charge in [0.2, 0.25) is 0 Å². The van der Waals surface area contributed by atoms with Crippen LogP contribution in [0.4, 0.5) is 0 Å². The molecule has 12 heavy (non-hydrogen) atoms. The molecule has 2 heteroatoms. The van der Waals surface area contributed by atoms with Crippen LogP contribution in [0.2, 0.25) is 0 Å². The standard InChI is InChI=1S/C10H9OP/c1-7-6-12-9-5-3-2-4-8(9)10(7)11/h2-5,12H,1,6H2. The molecule has 1 aromatic carbocycles. The van der Waals surface area contributed by atoms with Gasteiger partial charge in [-0.3, -0.25) is 4.79 Å². The third-order valence-electron chi connectivity index (χ3n) is 1.99. The highest BCUT2D eigenvalue weighted by atomic mass is 31.1. The Morgan fingerprint density at radius 1 is 1.33 bits per heavy atom. The Balaban J connectivity index is 2.56. The topological polar surface area (TPSA) is 17.1 Å². The van der Waals surface area contributed by atoms with Gasteiger partial charge in [-0.15, -0.1) is 0 Å². The normalized spacial score (nSPS) is 18.0. The first-order valence-electron chi connectivity index (χ1n) is 3.84. The zero-order chi connectivity index (χ0) is 8.55. The summed E-state index contributed by atoms with van der Waals surface area (Å²) in [6, 6.07) is 7.79. The summed E-state index contributed by atoms with van der Waals surface area (Å²) in [7, 11) is 0.719. The Labute approximate surface area is 73.3 Å². The molecule has 0 saturated carbocycles. The number of hydrogen-bond donors (Lipinski definition) is 0. The smallest absolute Gasteiger partial charge is 0.189 e. The van der Waals surface area contributed by atoms with Gasteiger partial charge in [-0.1, -0.05) is 39.4 Å². The van der Waals surface area contributed by atoms with E-state index >= 15 is 0 Å². The SMILES string of the molecule is C=C1CPc2ccccc2C1=O. The molecule has 0 N–H and O–H groups in total. The van der Waals surface area contributed by atoms with Crippen LogP contribution in [0.25, 0.3) is 0 Å². The lowest BCUT2D eigenvalue weighted by molar-refractivity contribution is 0.103. The maximum Gasteiger partial charge on any atom is 0.189 e. The summed E-state index contributed by atoms with van der Waals surface area (Å²) in [6.07, 6.45) is 0.843. The van der Waals surface area contributed by atoms with Crippen molar-refractivity contribution < 1.29 is 4.79 Å². The molecule has 0 aromatic heterocycles. The summed E-state index contributed by atoms with van der Waals surface area (Å²) >= 11 is 0. The summed E-state index contributed by atoms with van der Waals surface area (Å²) in [6.45, 7) is 3.75. The second-order valence-corrected chi connectivity index (χ2v) is 4.08. The van der Waals surface area contributed by atoms with Crippen LogP contribution in [0, 0.1) is 0 Å². The Morgan fingerprint density at radius 3 is 2.92 bits per heavy atom. The van der Waals surface area contributed by atoms with E-state index < -0.39 is 0 Å². The second-order valence-electron chi connectivity index (χ2n) is 2.83. The molecular weight excluding hydrogens is 167 g/mol. The van der Waals surface area contributed by atoms with E-state index in [0.717, 1.165) is 25.9 Å². The summed E-state index contributed by atoms with van der Waals surface area (Å²) in [5, 5.41) is 1.19. The van der Waals surface area contributed by atoms with Gasteiger partial charge >= 0.3 is 0 Å². The van der Waals surface area contributed by atoms with Gasteiger partial charge in [0.25, 0.3) is 0 Å². The van der Waals surface area contributed by atoms with Crippen molar-refractivity contribution in [2.24, 2.45) is 0 Å². The van der Waals surface area contributed by atoms with Crippen LogP contribution in [0.1, 0.15) is 10.4 Å². The van der Waals surface area contributed by atoms with Crippen LogP contribution in [0.3, 0.4) is 0 Å². The minimum Gasteiger partial charge on any atom is -0.289 e. The maximum absolute atomic E-state index is 11.5. The fourth-order valence-electron chi connectivity index (χ4n) is 1.31. The van der Waals surface area contributed by atoms with E-state index in [9.17, 15) is 4.79 Å². The lowest BCUT2D eigenvalue weighted by atomic mass is 10.1. The first-order chi connectivity index (χ1) is 5.79. The Bertz CT molecular complexity index is 355. The van der Waals surface area contributed by atoms with Crippen LogP contribution in [0.15, 0.2) is 36.4 Å². The molecule has 1 unspecified atom stereocenters. The highest BCUT2D eigenvalue weighted by molar-refractivity contribution is 7.48. The number of ketones is 1. The van der Waals surface area contributed by atoms with Crippen molar-refractivity contribution >= 4 is 19.7 Å². The molecule has 1 heterocycles. The van der Waals surface area contributed by atoms with Crippen LogP contribution in [-0.4, -0.2) is 11.9 Å². The van der Waals surface area contributed by atoms with Crippen LogP contribution >= 0.6 is 8.58 Å². The maximum atomic E-state index is 11.5. The van der Waals surface area contributed by atoms with Gasteiger partial charge in [0, 0.05) is 5.56 Å². The predicted molar refractivity (Wildman–Crippen MR) is 52.7 cm³/mol. The van der Waals surface area contributed by atoms with E-state index in [1.807, 2.05) is 24.3 Å². The fourth-order valence-corrected chi connectivity index (χ4v) is 2.47. The van der Waals surface area contributed by atoms with Crippen LogP contribution in [0.5, 0.6) is 0 Å². The van der Waals surface area contributed by atoms with Crippen molar-refractivity contribution in [1.82, 2.24) is 0 Å². The molecular formula is C10H9OP. The second kappa shape index (κ2) is 2.84. The molecule has 0 saturated heterocycles. The third kappa shape index (κ3) is 1.11. The van der Waals surface area contributed by atoms with Crippen molar-refractivity contribution in [2.75, 3.05) is 6.16 Å². The van der Waals surface area contributed by atoms with Gasteiger partial charge in [-0.05, 0) is 17.0 Å². The van der Waals surface area contributed by atoms with Gasteiger partial charge in [-0.2, -0.15) is 0 Å². The first-order valence-corrected chi connectivity index (χ1v) is 5.05. The zero-order valence-corrected chi connectivity index (χ0v) is 7.63. The number of benzene rings is 1. The van der Waals surface area contributed by atoms with Crippen molar-refractivity contribution in [3.8, 4) is 0 Å². The highest BCUT2D eigenvalue weighted by Gasteiger charge is 2.18. The molecule has 1 aliphatic heterocycles. The summed E-state index contributed by atoms with van der Waals surface area (Å²) in [5.74, 6) is 0.129. The van der Waals surface area contributed by atoms with Crippen molar-refractivity contribution in [3.05, 3.63) is 42.0 Å². The van der Waals surface area contributed by atoms with E-state index in [2.05, 4.69) is 6.58 Å². The minimum absolute atomic E-state index is 0.129. The molecule has 1 aromatic rings. The average molecular weight is 176 g/mol. The van der Waals surface area contributed by atoms with Crippen molar-refractivity contribution in [3.63, 3.8) is 0 Å². The molecule has 1 atom stereocenters. The number of fused-ring (bicyclic) bond motifs is 1. The quantitative estimate of drug-likeness (QED) is 0.434. The van der Waals surface area contributed by atoms with E-state index in [-0.39, 0.29) is 5.78 Å².